The van der Waals surface area contributed by atoms with Crippen molar-refractivity contribution in [2.75, 3.05) is 0 Å². The molecule has 0 aliphatic heterocycles. The first-order valence-corrected chi connectivity index (χ1v) is 1.93. The van der Waals surface area contributed by atoms with Gasteiger partial charge in [-0.3, -0.25) is 0 Å². The number of carbonyl (C=O) groups is 1. The van der Waals surface area contributed by atoms with Crippen LogP contribution >= 0.6 is 0 Å². The second-order valence-electron chi connectivity index (χ2n) is 0.985. The normalized spacial score (nSPS) is 8.20. The lowest BCUT2D eigenvalue weighted by molar-refractivity contribution is -0.149. The van der Waals surface area contributed by atoms with Gasteiger partial charge in [-0.05, 0) is 0 Å². The molecule has 0 aromatic carbocycles. The minimum absolute atomic E-state index is 2.07. The van der Waals surface area contributed by atoms with Crippen LogP contribution in [0, 0.1) is 0 Å². The minimum Gasteiger partial charge on any atom is -0.477 e. The van der Waals surface area contributed by atoms with Crippen LogP contribution in [0.3, 0.4) is 0 Å². The van der Waals surface area contributed by atoms with Crippen LogP contribution in [0.25, 0.3) is 0 Å². The van der Waals surface area contributed by atoms with Crippen molar-refractivity contribution < 1.29 is 33.8 Å². The Kier molecular flexibility index (Phi) is 7.67. The van der Waals surface area contributed by atoms with Crippen molar-refractivity contribution in [1.29, 1.82) is 0 Å². The summed E-state index contributed by atoms with van der Waals surface area (Å²) in [5, 5.41) is 28.7. The van der Waals surface area contributed by atoms with E-state index in [9.17, 15) is 8.78 Å². The molecule has 0 bridgehead atoms. The Morgan fingerprint density at radius 3 is 1.40 bits per heavy atom. The van der Waals surface area contributed by atoms with Crippen molar-refractivity contribution in [3.63, 3.8) is 0 Å². The number of carboxylic acids is 1. The molecule has 0 fully saturated rings. The van der Waals surface area contributed by atoms with Crippen LogP contribution in [-0.2, 0) is 4.79 Å². The summed E-state index contributed by atoms with van der Waals surface area (Å²) in [5.74, 6) is -2.07. The van der Waals surface area contributed by atoms with Gasteiger partial charge in [-0.15, -0.1) is 0 Å². The lowest BCUT2D eigenvalue weighted by Gasteiger charge is -1.81. The first-order valence-electron chi connectivity index (χ1n) is 1.93. The second kappa shape index (κ2) is 6.40. The first kappa shape index (κ1) is 12.0. The van der Waals surface area contributed by atoms with Gasteiger partial charge < -0.3 is 20.2 Å². The number of carboxylic acid groups (broad SMARTS) is 1. The van der Waals surface area contributed by atoms with E-state index in [4.69, 9.17) is 25.0 Å². The third-order valence-corrected chi connectivity index (χ3v) is 0.187. The molecule has 4 N–H and O–H groups in total. The lowest BCUT2D eigenvalue weighted by Crippen LogP contribution is -2.07. The van der Waals surface area contributed by atoms with Crippen molar-refractivity contribution in [3.05, 3.63) is 0 Å². The molecule has 0 heterocycles. The molecule has 0 amide bonds. The summed E-state index contributed by atoms with van der Waals surface area (Å²) in [6.45, 7) is 0. The molecular weight excluding hydrogens is 153 g/mol. The molecule has 10 heavy (non-hydrogen) atoms. The maximum absolute atomic E-state index is 10.6. The van der Waals surface area contributed by atoms with Crippen molar-refractivity contribution >= 4 is 13.3 Å². The van der Waals surface area contributed by atoms with Crippen molar-refractivity contribution in [1.82, 2.24) is 0 Å². The van der Waals surface area contributed by atoms with Crippen LogP contribution in [0.2, 0.25) is 0 Å². The van der Waals surface area contributed by atoms with Gasteiger partial charge >= 0.3 is 19.7 Å². The zero-order valence-corrected chi connectivity index (χ0v) is 4.61. The van der Waals surface area contributed by atoms with E-state index >= 15 is 0 Å². The highest BCUT2D eigenvalue weighted by atomic mass is 19.3. The van der Waals surface area contributed by atoms with Gasteiger partial charge in [0.1, 0.15) is 0 Å². The summed E-state index contributed by atoms with van der Waals surface area (Å²) >= 11 is 0. The summed E-state index contributed by atoms with van der Waals surface area (Å²) in [6, 6.07) is 0. The number of hydrogen-bond acceptors (Lipinski definition) is 4. The van der Waals surface area contributed by atoms with Crippen LogP contribution < -0.4 is 0 Å². The fraction of sp³-hybridized carbons (Fsp3) is 0.500. The van der Waals surface area contributed by atoms with E-state index in [0.29, 0.717) is 0 Å². The predicted octanol–water partition coefficient (Wildman–Crippen LogP) is -1.72. The first-order chi connectivity index (χ1) is 4.37. The molecule has 0 rings (SSSR count). The van der Waals surface area contributed by atoms with Gasteiger partial charge in [0, 0.05) is 0 Å². The van der Waals surface area contributed by atoms with Gasteiger partial charge in [-0.2, -0.15) is 8.78 Å². The zero-order valence-electron chi connectivity index (χ0n) is 4.61. The van der Waals surface area contributed by atoms with Gasteiger partial charge in [-0.25, -0.2) is 4.79 Å². The van der Waals surface area contributed by atoms with Gasteiger partial charge in [0.2, 0.25) is 0 Å². The number of alkyl halides is 2. The Labute approximate surface area is 54.7 Å². The predicted molar refractivity (Wildman–Crippen MR) is 26.1 cm³/mol. The molecule has 8 heteroatoms. The molecule has 0 aromatic heterocycles. The highest BCUT2D eigenvalue weighted by Crippen LogP contribution is 1.87. The smallest absolute Gasteiger partial charge is 0.477 e. The highest BCUT2D eigenvalue weighted by molar-refractivity contribution is 6.30. The molecule has 0 spiro atoms. The monoisotopic (exact) mass is 158 g/mol. The standard InChI is InChI=1S/C2H2F2O2.BH3O3/c3-1(4)2(5)6;2-1(3)4/h1H,(H,5,6);2-4H. The largest absolute Gasteiger partial charge is 0.631 e. The summed E-state index contributed by atoms with van der Waals surface area (Å²) in [6.07, 6.45) is -3.23. The topological polar surface area (TPSA) is 98.0 Å². The van der Waals surface area contributed by atoms with Crippen LogP contribution in [0.1, 0.15) is 0 Å². The molecule has 0 aliphatic carbocycles. The van der Waals surface area contributed by atoms with Crippen LogP contribution in [-0.4, -0.2) is 39.9 Å². The average molecular weight is 158 g/mol. The van der Waals surface area contributed by atoms with Crippen molar-refractivity contribution in [2.24, 2.45) is 0 Å². The number of aliphatic carboxylic acids is 1. The maximum atomic E-state index is 10.6. The Morgan fingerprint density at radius 1 is 1.30 bits per heavy atom. The van der Waals surface area contributed by atoms with E-state index in [1.165, 1.54) is 0 Å². The van der Waals surface area contributed by atoms with E-state index in [-0.39, 0.29) is 0 Å². The van der Waals surface area contributed by atoms with Gasteiger partial charge in [0.05, 0.1) is 0 Å². The van der Waals surface area contributed by atoms with Crippen LogP contribution in [0.4, 0.5) is 8.78 Å². The molecular formula is C2H5BF2O5. The molecule has 5 nitrogen and oxygen atoms in total. The Balaban J connectivity index is 0. The van der Waals surface area contributed by atoms with Crippen LogP contribution in [0.15, 0.2) is 0 Å². The fourth-order valence-corrected chi connectivity index (χ4v) is 0. The SMILES string of the molecule is O=C(O)C(F)F.OB(O)O. The summed E-state index contributed by atoms with van der Waals surface area (Å²) in [4.78, 5) is 8.95. The van der Waals surface area contributed by atoms with E-state index in [1.54, 1.807) is 0 Å². The van der Waals surface area contributed by atoms with E-state index in [1.807, 2.05) is 0 Å². The van der Waals surface area contributed by atoms with Gasteiger partial charge in [-0.1, -0.05) is 0 Å². The molecule has 0 saturated heterocycles. The summed E-state index contributed by atoms with van der Waals surface area (Å²) < 4.78 is 21.1. The van der Waals surface area contributed by atoms with Crippen molar-refractivity contribution in [2.45, 2.75) is 6.43 Å². The minimum atomic E-state index is -3.23. The molecule has 0 atom stereocenters. The number of hydrogen-bond donors (Lipinski definition) is 4. The van der Waals surface area contributed by atoms with Gasteiger partial charge in [0.15, 0.2) is 0 Å². The summed E-state index contributed by atoms with van der Waals surface area (Å²) in [7, 11) is -2.17. The molecule has 0 aliphatic rings. The number of halogens is 2. The van der Waals surface area contributed by atoms with E-state index < -0.39 is 19.7 Å². The van der Waals surface area contributed by atoms with Gasteiger partial charge in [0.25, 0.3) is 0 Å². The maximum Gasteiger partial charge on any atom is 0.631 e. The van der Waals surface area contributed by atoms with Crippen LogP contribution in [0.5, 0.6) is 0 Å². The van der Waals surface area contributed by atoms with E-state index in [2.05, 4.69) is 0 Å². The quantitative estimate of drug-likeness (QED) is 0.340. The van der Waals surface area contributed by atoms with E-state index in [0.717, 1.165) is 0 Å². The Bertz CT molecular complexity index is 92.9. The molecule has 0 aromatic rings. The summed E-state index contributed by atoms with van der Waals surface area (Å²) in [5.41, 5.74) is 0. The third kappa shape index (κ3) is 26.7. The third-order valence-electron chi connectivity index (χ3n) is 0.187. The number of rotatable bonds is 1. The molecule has 0 unspecified atom stereocenters. The van der Waals surface area contributed by atoms with Crippen molar-refractivity contribution in [3.8, 4) is 0 Å². The average Bonchev–Trinajstić information content (AvgIpc) is 1.63. The zero-order chi connectivity index (χ0) is 8.73. The Hall–Kier alpha value is -0.725. The molecule has 0 radical (unpaired) electrons. The second-order valence-corrected chi connectivity index (χ2v) is 0.985. The molecule has 0 saturated carbocycles. The highest BCUT2D eigenvalue weighted by Gasteiger charge is 2.10. The lowest BCUT2D eigenvalue weighted by atomic mass is 10.3. The fourth-order valence-electron chi connectivity index (χ4n) is 0. The molecule has 60 valence electrons. The Morgan fingerprint density at radius 2 is 1.40 bits per heavy atom.